The molecule has 4 nitrogen and oxygen atoms in total. The van der Waals surface area contributed by atoms with Crippen LogP contribution in [-0.2, 0) is 9.47 Å². The van der Waals surface area contributed by atoms with Crippen molar-refractivity contribution in [3.05, 3.63) is 0 Å². The van der Waals surface area contributed by atoms with Crippen LogP contribution in [0, 0.1) is 0 Å². The highest BCUT2D eigenvalue weighted by Gasteiger charge is 2.67. The molecule has 0 spiro atoms. The minimum Gasteiger partial charge on any atom is -0.398 e. The Bertz CT molecular complexity index is 271. The van der Waals surface area contributed by atoms with Gasteiger partial charge in [0.1, 0.15) is 6.73 Å². The fourth-order valence-electron chi connectivity index (χ4n) is 0.677. The van der Waals surface area contributed by atoms with Gasteiger partial charge in [-0.1, -0.05) is 0 Å². The van der Waals surface area contributed by atoms with Gasteiger partial charge in [0.25, 0.3) is 0 Å². The van der Waals surface area contributed by atoms with Crippen molar-refractivity contribution in [2.24, 2.45) is 0 Å². The molecular weight excluding hydrogens is 260 g/mol. The lowest BCUT2D eigenvalue weighted by Gasteiger charge is -2.28. The molecule has 0 saturated carbocycles. The average molecular weight is 269 g/mol. The van der Waals surface area contributed by atoms with Crippen molar-refractivity contribution in [3.63, 3.8) is 0 Å². The summed E-state index contributed by atoms with van der Waals surface area (Å²) in [5.74, 6) is -5.34. The molecule has 0 bridgehead atoms. The molecule has 17 heavy (non-hydrogen) atoms. The number of methoxy groups -OCH3 is 1. The summed E-state index contributed by atoms with van der Waals surface area (Å²) in [5.41, 5.74) is 0. The van der Waals surface area contributed by atoms with Crippen molar-refractivity contribution in [1.29, 1.82) is 0 Å². The van der Waals surface area contributed by atoms with E-state index in [1.807, 2.05) is 0 Å². The molecule has 0 heterocycles. The number of amides is 1. The Hall–Kier alpha value is -1.19. The molecule has 0 fully saturated rings. The minimum atomic E-state index is -6.04. The van der Waals surface area contributed by atoms with E-state index in [-0.39, 0.29) is 0 Å². The first kappa shape index (κ1) is 15.8. The third-order valence-corrected chi connectivity index (χ3v) is 1.54. The van der Waals surface area contributed by atoms with Gasteiger partial charge < -0.3 is 9.47 Å². The summed E-state index contributed by atoms with van der Waals surface area (Å²) in [6.07, 6.45) is -12.5. The number of hydrogen-bond acceptors (Lipinski definition) is 3. The summed E-state index contributed by atoms with van der Waals surface area (Å²) in [5, 5.41) is 0. The monoisotopic (exact) mass is 269 g/mol. The van der Waals surface area contributed by atoms with Crippen LogP contribution in [0.2, 0.25) is 0 Å². The van der Waals surface area contributed by atoms with E-state index in [2.05, 4.69) is 9.47 Å². The van der Waals surface area contributed by atoms with E-state index in [0.717, 1.165) is 14.2 Å². The lowest BCUT2D eigenvalue weighted by atomic mass is 10.3. The van der Waals surface area contributed by atoms with E-state index in [1.165, 1.54) is 0 Å². The number of carbonyl (C=O) groups is 1. The Labute approximate surface area is 92.1 Å². The van der Waals surface area contributed by atoms with Crippen molar-refractivity contribution in [3.8, 4) is 0 Å². The van der Waals surface area contributed by atoms with Gasteiger partial charge in [0.05, 0.1) is 0 Å². The fraction of sp³-hybridized carbons (Fsp3) is 0.857. The highest BCUT2D eigenvalue weighted by molar-refractivity contribution is 5.67. The Balaban J connectivity index is 4.85. The molecular formula is C7H9F6NO3. The van der Waals surface area contributed by atoms with Crippen molar-refractivity contribution < 1.29 is 40.6 Å². The van der Waals surface area contributed by atoms with E-state index >= 15 is 0 Å². The van der Waals surface area contributed by atoms with Crippen LogP contribution in [0.15, 0.2) is 0 Å². The summed E-state index contributed by atoms with van der Waals surface area (Å²) >= 11 is 0. The molecule has 0 aliphatic carbocycles. The van der Waals surface area contributed by atoms with Gasteiger partial charge >= 0.3 is 24.5 Å². The van der Waals surface area contributed by atoms with Gasteiger partial charge in [0, 0.05) is 14.2 Å². The highest BCUT2D eigenvalue weighted by Crippen LogP contribution is 2.40. The lowest BCUT2D eigenvalue weighted by molar-refractivity contribution is -0.351. The molecule has 1 atom stereocenters. The maximum Gasteiger partial charge on any atom is 0.466 e. The number of carbonyl (C=O) groups excluding carboxylic acids is 1. The van der Waals surface area contributed by atoms with Crippen LogP contribution < -0.4 is 0 Å². The second-order valence-electron chi connectivity index (χ2n) is 2.93. The Kier molecular flexibility index (Phi) is 5.05. The molecule has 102 valence electrons. The van der Waals surface area contributed by atoms with Crippen LogP contribution in [0.5, 0.6) is 0 Å². The first-order valence-corrected chi connectivity index (χ1v) is 4.03. The summed E-state index contributed by atoms with van der Waals surface area (Å²) in [4.78, 5) is 11.2. The van der Waals surface area contributed by atoms with E-state index in [1.54, 1.807) is 0 Å². The zero-order valence-electron chi connectivity index (χ0n) is 8.72. The van der Waals surface area contributed by atoms with Crippen molar-refractivity contribution in [2.75, 3.05) is 20.9 Å². The van der Waals surface area contributed by atoms with E-state index in [4.69, 9.17) is 0 Å². The molecule has 0 aromatic rings. The number of rotatable bonds is 4. The third kappa shape index (κ3) is 3.65. The number of hydrogen-bond donors (Lipinski definition) is 0. The SMILES string of the molecule is COCN(C)C(=O)OC(F)(C(F)F)C(F)(F)F. The average Bonchev–Trinajstić information content (AvgIpc) is 2.15. The van der Waals surface area contributed by atoms with Crippen LogP contribution >= 0.6 is 0 Å². The zero-order valence-corrected chi connectivity index (χ0v) is 8.72. The molecule has 0 rings (SSSR count). The minimum absolute atomic E-state index is 0.350. The number of alkyl halides is 6. The van der Waals surface area contributed by atoms with Crippen LogP contribution in [0.3, 0.4) is 0 Å². The fourth-order valence-corrected chi connectivity index (χ4v) is 0.677. The third-order valence-electron chi connectivity index (χ3n) is 1.54. The smallest absolute Gasteiger partial charge is 0.398 e. The van der Waals surface area contributed by atoms with Gasteiger partial charge in [-0.05, 0) is 0 Å². The van der Waals surface area contributed by atoms with Crippen LogP contribution in [-0.4, -0.2) is 50.3 Å². The molecule has 1 unspecified atom stereocenters. The molecule has 0 saturated heterocycles. The Morgan fingerprint density at radius 3 is 2.06 bits per heavy atom. The molecule has 0 aliphatic rings. The second kappa shape index (κ2) is 5.43. The van der Waals surface area contributed by atoms with Crippen molar-refractivity contribution >= 4 is 6.09 Å². The molecule has 0 aliphatic heterocycles. The number of ether oxygens (including phenoxy) is 2. The maximum atomic E-state index is 12.9. The number of halogens is 6. The summed E-state index contributed by atoms with van der Waals surface area (Å²) < 4.78 is 80.2. The van der Waals surface area contributed by atoms with Crippen LogP contribution in [0.4, 0.5) is 31.1 Å². The van der Waals surface area contributed by atoms with Crippen molar-refractivity contribution in [1.82, 2.24) is 4.90 Å². The standard InChI is InChI=1S/C7H9F6NO3/c1-14(3-16-2)5(15)17-6(10,4(8)9)7(11,12)13/h4H,3H2,1-2H3. The zero-order chi connectivity index (χ0) is 13.9. The summed E-state index contributed by atoms with van der Waals surface area (Å²) in [6.45, 7) is -0.546. The topological polar surface area (TPSA) is 38.8 Å². The van der Waals surface area contributed by atoms with Gasteiger partial charge in [-0.3, -0.25) is 4.90 Å². The van der Waals surface area contributed by atoms with Crippen molar-refractivity contribution in [2.45, 2.75) is 18.5 Å². The largest absolute Gasteiger partial charge is 0.466 e. The highest BCUT2D eigenvalue weighted by atomic mass is 19.4. The first-order valence-electron chi connectivity index (χ1n) is 4.03. The lowest BCUT2D eigenvalue weighted by Crippen LogP contribution is -2.52. The first-order chi connectivity index (χ1) is 7.56. The Morgan fingerprint density at radius 1 is 1.29 bits per heavy atom. The molecule has 0 N–H and O–H groups in total. The second-order valence-corrected chi connectivity index (χ2v) is 2.93. The molecule has 0 radical (unpaired) electrons. The number of nitrogens with zero attached hydrogens (tertiary/aromatic N) is 1. The normalized spacial score (nSPS) is 15.6. The van der Waals surface area contributed by atoms with E-state index in [0.29, 0.717) is 4.90 Å². The molecule has 0 aromatic heterocycles. The van der Waals surface area contributed by atoms with E-state index in [9.17, 15) is 31.1 Å². The van der Waals surface area contributed by atoms with Gasteiger partial charge in [0.15, 0.2) is 0 Å². The summed E-state index contributed by atoms with van der Waals surface area (Å²) in [6, 6.07) is 0. The molecule has 1 amide bonds. The maximum absolute atomic E-state index is 12.9. The van der Waals surface area contributed by atoms with Gasteiger partial charge in [0.2, 0.25) is 0 Å². The predicted molar refractivity (Wildman–Crippen MR) is 42.0 cm³/mol. The van der Waals surface area contributed by atoms with Gasteiger partial charge in [-0.2, -0.15) is 17.6 Å². The van der Waals surface area contributed by atoms with E-state index < -0.39 is 31.3 Å². The van der Waals surface area contributed by atoms with Crippen LogP contribution in [0.1, 0.15) is 0 Å². The predicted octanol–water partition coefficient (Wildman–Crippen LogP) is 2.15. The van der Waals surface area contributed by atoms with Gasteiger partial charge in [-0.15, -0.1) is 0 Å². The van der Waals surface area contributed by atoms with Crippen LogP contribution in [0.25, 0.3) is 0 Å². The summed E-state index contributed by atoms with van der Waals surface area (Å²) in [7, 11) is 1.97. The Morgan fingerprint density at radius 2 is 1.76 bits per heavy atom. The van der Waals surface area contributed by atoms with Gasteiger partial charge in [-0.25, -0.2) is 13.6 Å². The quantitative estimate of drug-likeness (QED) is 0.580. The molecule has 10 heteroatoms. The molecule has 0 aromatic carbocycles.